The van der Waals surface area contributed by atoms with Crippen molar-refractivity contribution >= 4 is 16.9 Å². The molecule has 1 heterocycles. The molecule has 0 saturated heterocycles. The van der Waals surface area contributed by atoms with E-state index in [0.717, 1.165) is 18.0 Å². The molecule has 3 rings (SSSR count). The number of carboxylic acids is 1. The Morgan fingerprint density at radius 3 is 2.85 bits per heavy atom. The van der Waals surface area contributed by atoms with Gasteiger partial charge in [-0.2, -0.15) is 0 Å². The fourth-order valence-corrected chi connectivity index (χ4v) is 2.93. The van der Waals surface area contributed by atoms with Crippen molar-refractivity contribution in [2.45, 2.75) is 39.2 Å². The number of fused-ring (bicyclic) bond motifs is 1. The van der Waals surface area contributed by atoms with E-state index in [0.29, 0.717) is 6.42 Å². The number of aromatic nitrogens is 1. The summed E-state index contributed by atoms with van der Waals surface area (Å²) in [5, 5.41) is 10.2. The maximum Gasteiger partial charge on any atom is 0.306 e. The van der Waals surface area contributed by atoms with Crippen LogP contribution in [0.15, 0.2) is 30.5 Å². The van der Waals surface area contributed by atoms with Gasteiger partial charge in [-0.05, 0) is 54.3 Å². The zero-order valence-electron chi connectivity index (χ0n) is 11.9. The van der Waals surface area contributed by atoms with Crippen molar-refractivity contribution in [3.05, 3.63) is 36.0 Å². The topological polar surface area (TPSA) is 42.2 Å². The molecule has 2 aromatic rings. The molecule has 1 aliphatic carbocycles. The van der Waals surface area contributed by atoms with Crippen molar-refractivity contribution in [1.82, 2.24) is 4.57 Å². The van der Waals surface area contributed by atoms with Crippen LogP contribution in [-0.2, 0) is 17.8 Å². The van der Waals surface area contributed by atoms with Crippen LogP contribution in [0.2, 0.25) is 0 Å². The van der Waals surface area contributed by atoms with Gasteiger partial charge in [-0.15, -0.1) is 0 Å². The van der Waals surface area contributed by atoms with Gasteiger partial charge >= 0.3 is 5.97 Å². The van der Waals surface area contributed by atoms with Crippen molar-refractivity contribution in [2.75, 3.05) is 0 Å². The van der Waals surface area contributed by atoms with Crippen LogP contribution in [0, 0.1) is 11.8 Å². The summed E-state index contributed by atoms with van der Waals surface area (Å²) >= 11 is 0. The Kier molecular flexibility index (Phi) is 3.51. The molecule has 0 bridgehead atoms. The fraction of sp³-hybridized carbons (Fsp3) is 0.471. The molecule has 1 fully saturated rings. The normalized spacial score (nSPS) is 17.1. The monoisotopic (exact) mass is 271 g/mol. The lowest BCUT2D eigenvalue weighted by molar-refractivity contribution is -0.141. The van der Waals surface area contributed by atoms with Gasteiger partial charge in [0.25, 0.3) is 0 Å². The van der Waals surface area contributed by atoms with Gasteiger partial charge in [0.2, 0.25) is 0 Å². The van der Waals surface area contributed by atoms with Gasteiger partial charge in [0.1, 0.15) is 0 Å². The molecule has 0 radical (unpaired) electrons. The molecule has 0 spiro atoms. The first-order chi connectivity index (χ1) is 9.63. The molecule has 1 unspecified atom stereocenters. The second-order valence-electron chi connectivity index (χ2n) is 6.10. The Bertz CT molecular complexity index is 625. The van der Waals surface area contributed by atoms with Crippen molar-refractivity contribution in [3.63, 3.8) is 0 Å². The summed E-state index contributed by atoms with van der Waals surface area (Å²) in [4.78, 5) is 10.9. The predicted octanol–water partition coefficient (Wildman–Crippen LogP) is 3.70. The molecule has 106 valence electrons. The van der Waals surface area contributed by atoms with Crippen LogP contribution in [0.25, 0.3) is 10.9 Å². The Morgan fingerprint density at radius 2 is 2.20 bits per heavy atom. The molecule has 0 amide bonds. The van der Waals surface area contributed by atoms with Crippen molar-refractivity contribution in [2.24, 2.45) is 11.8 Å². The Labute approximate surface area is 119 Å². The third-order valence-corrected chi connectivity index (χ3v) is 4.48. The first-order valence-electron chi connectivity index (χ1n) is 7.44. The SMILES string of the molecule is CC(Cc1ccc2c(ccn2CC2CCC2)c1)C(=O)O. The van der Waals surface area contributed by atoms with Crippen molar-refractivity contribution in [1.29, 1.82) is 0 Å². The minimum absolute atomic E-state index is 0.329. The smallest absolute Gasteiger partial charge is 0.306 e. The number of hydrogen-bond acceptors (Lipinski definition) is 1. The van der Waals surface area contributed by atoms with Crippen LogP contribution in [0.3, 0.4) is 0 Å². The number of hydrogen-bond donors (Lipinski definition) is 1. The van der Waals surface area contributed by atoms with Gasteiger partial charge < -0.3 is 9.67 Å². The van der Waals surface area contributed by atoms with E-state index < -0.39 is 5.97 Å². The van der Waals surface area contributed by atoms with Crippen LogP contribution in [0.1, 0.15) is 31.7 Å². The second kappa shape index (κ2) is 5.31. The molecule has 20 heavy (non-hydrogen) atoms. The summed E-state index contributed by atoms with van der Waals surface area (Å²) in [5.41, 5.74) is 2.37. The fourth-order valence-electron chi connectivity index (χ4n) is 2.93. The third kappa shape index (κ3) is 2.58. The van der Waals surface area contributed by atoms with Crippen molar-refractivity contribution < 1.29 is 9.90 Å². The number of rotatable bonds is 5. The van der Waals surface area contributed by atoms with Crippen LogP contribution in [0.5, 0.6) is 0 Å². The van der Waals surface area contributed by atoms with Crippen LogP contribution >= 0.6 is 0 Å². The highest BCUT2D eigenvalue weighted by Crippen LogP contribution is 2.29. The quantitative estimate of drug-likeness (QED) is 0.900. The van der Waals surface area contributed by atoms with Gasteiger partial charge in [0.15, 0.2) is 0 Å². The molecule has 1 aromatic carbocycles. The Hall–Kier alpha value is -1.77. The van der Waals surface area contributed by atoms with Crippen LogP contribution < -0.4 is 0 Å². The number of aliphatic carboxylic acids is 1. The molecule has 3 nitrogen and oxygen atoms in total. The minimum atomic E-state index is -0.729. The molecular weight excluding hydrogens is 250 g/mol. The molecule has 1 N–H and O–H groups in total. The molecular formula is C17H21NO2. The molecule has 1 aliphatic rings. The van der Waals surface area contributed by atoms with E-state index in [1.54, 1.807) is 6.92 Å². The molecule has 1 atom stereocenters. The summed E-state index contributed by atoms with van der Waals surface area (Å²) in [6.07, 6.45) is 6.84. The van der Waals surface area contributed by atoms with Crippen LogP contribution in [0.4, 0.5) is 0 Å². The lowest BCUT2D eigenvalue weighted by atomic mass is 9.85. The third-order valence-electron chi connectivity index (χ3n) is 4.48. The highest BCUT2D eigenvalue weighted by Gasteiger charge is 2.18. The molecule has 3 heteroatoms. The van der Waals surface area contributed by atoms with Gasteiger partial charge in [0.05, 0.1) is 5.92 Å². The molecule has 0 aliphatic heterocycles. The van der Waals surface area contributed by atoms with E-state index in [2.05, 4.69) is 35.0 Å². The largest absolute Gasteiger partial charge is 0.481 e. The maximum atomic E-state index is 10.9. The number of benzene rings is 1. The van der Waals surface area contributed by atoms with Crippen molar-refractivity contribution in [3.8, 4) is 0 Å². The van der Waals surface area contributed by atoms with Gasteiger partial charge in [-0.3, -0.25) is 4.79 Å². The summed E-state index contributed by atoms with van der Waals surface area (Å²) in [6.45, 7) is 2.88. The first kappa shape index (κ1) is 13.2. The van der Waals surface area contributed by atoms with E-state index in [1.807, 2.05) is 0 Å². The maximum absolute atomic E-state index is 10.9. The second-order valence-corrected chi connectivity index (χ2v) is 6.10. The zero-order valence-corrected chi connectivity index (χ0v) is 11.9. The number of carbonyl (C=O) groups is 1. The van der Waals surface area contributed by atoms with E-state index in [4.69, 9.17) is 5.11 Å². The van der Waals surface area contributed by atoms with E-state index in [1.165, 1.54) is 30.2 Å². The van der Waals surface area contributed by atoms with E-state index in [-0.39, 0.29) is 5.92 Å². The van der Waals surface area contributed by atoms with Gasteiger partial charge in [-0.25, -0.2) is 0 Å². The lowest BCUT2D eigenvalue weighted by Gasteiger charge is -2.26. The first-order valence-corrected chi connectivity index (χ1v) is 7.44. The molecule has 1 aromatic heterocycles. The van der Waals surface area contributed by atoms with Gasteiger partial charge in [-0.1, -0.05) is 19.4 Å². The van der Waals surface area contributed by atoms with E-state index in [9.17, 15) is 4.79 Å². The summed E-state index contributed by atoms with van der Waals surface area (Å²) < 4.78 is 2.34. The number of carboxylic acid groups (broad SMARTS) is 1. The lowest BCUT2D eigenvalue weighted by Crippen LogP contribution is -2.17. The van der Waals surface area contributed by atoms with Gasteiger partial charge in [0, 0.05) is 18.3 Å². The standard InChI is InChI=1S/C17H21NO2/c1-12(17(19)20)9-14-5-6-16-15(10-14)7-8-18(16)11-13-3-2-4-13/h5-8,10,12-13H,2-4,9,11H2,1H3,(H,19,20). The summed E-state index contributed by atoms with van der Waals surface area (Å²) in [5.74, 6) is -0.213. The highest BCUT2D eigenvalue weighted by atomic mass is 16.4. The average Bonchev–Trinajstić information content (AvgIpc) is 2.76. The van der Waals surface area contributed by atoms with E-state index >= 15 is 0 Å². The zero-order chi connectivity index (χ0) is 14.1. The predicted molar refractivity (Wildman–Crippen MR) is 79.8 cm³/mol. The molecule has 1 saturated carbocycles. The summed E-state index contributed by atoms with van der Waals surface area (Å²) in [7, 11) is 0. The van der Waals surface area contributed by atoms with Crippen LogP contribution in [-0.4, -0.2) is 15.6 Å². The Morgan fingerprint density at radius 1 is 1.40 bits per heavy atom. The number of nitrogens with zero attached hydrogens (tertiary/aromatic N) is 1. The highest BCUT2D eigenvalue weighted by molar-refractivity contribution is 5.81. The average molecular weight is 271 g/mol. The summed E-state index contributed by atoms with van der Waals surface area (Å²) in [6, 6.07) is 8.48. The minimum Gasteiger partial charge on any atom is -0.481 e. The Balaban J connectivity index is 1.79.